The van der Waals surface area contributed by atoms with Crippen LogP contribution in [-0.4, -0.2) is 32.6 Å². The van der Waals surface area contributed by atoms with Gasteiger partial charge in [0.1, 0.15) is 5.69 Å². The van der Waals surface area contributed by atoms with Crippen LogP contribution in [0, 0.1) is 20.8 Å². The predicted octanol–water partition coefficient (Wildman–Crippen LogP) is 4.55. The summed E-state index contributed by atoms with van der Waals surface area (Å²) in [6.07, 6.45) is 3.66. The van der Waals surface area contributed by atoms with E-state index in [1.165, 1.54) is 5.56 Å². The zero-order chi connectivity index (χ0) is 19.8. The summed E-state index contributed by atoms with van der Waals surface area (Å²) in [6, 6.07) is 14.2. The number of benzene rings is 2. The molecule has 2 aromatic heterocycles. The molecule has 5 nitrogen and oxygen atoms in total. The summed E-state index contributed by atoms with van der Waals surface area (Å²) in [6.45, 7) is 6.67. The van der Waals surface area contributed by atoms with Crippen molar-refractivity contribution in [1.29, 1.82) is 0 Å². The van der Waals surface area contributed by atoms with Crippen LogP contribution in [-0.2, 0) is 6.54 Å². The van der Waals surface area contributed by atoms with Gasteiger partial charge in [0.05, 0.1) is 5.69 Å². The van der Waals surface area contributed by atoms with Crippen molar-refractivity contribution in [3.63, 3.8) is 0 Å². The van der Waals surface area contributed by atoms with Gasteiger partial charge in [-0.1, -0.05) is 29.8 Å². The first kappa shape index (κ1) is 18.0. The van der Waals surface area contributed by atoms with Gasteiger partial charge in [-0.15, -0.1) is 0 Å². The van der Waals surface area contributed by atoms with Crippen LogP contribution in [0.3, 0.4) is 0 Å². The number of nitrogens with zero attached hydrogens (tertiary/aromatic N) is 3. The Morgan fingerprint density at radius 2 is 1.93 bits per heavy atom. The molecule has 4 rings (SSSR count). The van der Waals surface area contributed by atoms with E-state index in [1.807, 2.05) is 55.2 Å². The minimum atomic E-state index is -0.0129. The maximum absolute atomic E-state index is 13.2. The van der Waals surface area contributed by atoms with Gasteiger partial charge in [0.25, 0.3) is 5.91 Å². The van der Waals surface area contributed by atoms with Gasteiger partial charge in [-0.25, -0.2) is 4.68 Å². The molecule has 4 aromatic rings. The van der Waals surface area contributed by atoms with Crippen LogP contribution >= 0.6 is 0 Å². The van der Waals surface area contributed by atoms with E-state index in [0.717, 1.165) is 33.3 Å². The van der Waals surface area contributed by atoms with Crippen LogP contribution in [0.4, 0.5) is 0 Å². The molecule has 2 heterocycles. The second-order valence-electron chi connectivity index (χ2n) is 7.37. The number of aryl methyl sites for hydroxylation is 3. The first-order valence-electron chi connectivity index (χ1n) is 9.38. The molecule has 0 spiro atoms. The van der Waals surface area contributed by atoms with Crippen molar-refractivity contribution in [2.75, 3.05) is 7.05 Å². The molecule has 28 heavy (non-hydrogen) atoms. The Balaban J connectivity index is 1.66. The van der Waals surface area contributed by atoms with Crippen molar-refractivity contribution in [3.8, 4) is 5.69 Å². The number of amides is 1. The number of aromatic nitrogens is 3. The normalized spacial score (nSPS) is 11.1. The minimum absolute atomic E-state index is 0.0129. The fourth-order valence-electron chi connectivity index (χ4n) is 3.79. The molecule has 0 atom stereocenters. The lowest BCUT2D eigenvalue weighted by atomic mass is 10.1. The summed E-state index contributed by atoms with van der Waals surface area (Å²) in [5.41, 5.74) is 7.07. The van der Waals surface area contributed by atoms with Crippen LogP contribution in [0.15, 0.2) is 54.9 Å². The first-order valence-corrected chi connectivity index (χ1v) is 9.38. The molecule has 0 aliphatic carbocycles. The molecule has 0 saturated carbocycles. The van der Waals surface area contributed by atoms with Gasteiger partial charge in [0.2, 0.25) is 0 Å². The van der Waals surface area contributed by atoms with Crippen molar-refractivity contribution in [2.24, 2.45) is 0 Å². The van der Waals surface area contributed by atoms with Crippen LogP contribution in [0.25, 0.3) is 16.6 Å². The average Bonchev–Trinajstić information content (AvgIpc) is 3.31. The van der Waals surface area contributed by atoms with E-state index >= 15 is 0 Å². The molecule has 0 aliphatic heterocycles. The summed E-state index contributed by atoms with van der Waals surface area (Å²) in [5.74, 6) is -0.0129. The number of carbonyl (C=O) groups excluding carboxylic acids is 1. The Hall–Kier alpha value is -3.34. The summed E-state index contributed by atoms with van der Waals surface area (Å²) >= 11 is 0. The zero-order valence-electron chi connectivity index (χ0n) is 16.7. The summed E-state index contributed by atoms with van der Waals surface area (Å²) in [5, 5.41) is 5.44. The molecule has 0 bridgehead atoms. The van der Waals surface area contributed by atoms with Crippen LogP contribution in [0.1, 0.15) is 32.7 Å². The number of para-hydroxylation sites is 1. The summed E-state index contributed by atoms with van der Waals surface area (Å²) in [7, 11) is 1.84. The number of nitrogens with one attached hydrogen (secondary N) is 1. The highest BCUT2D eigenvalue weighted by Crippen LogP contribution is 2.27. The predicted molar refractivity (Wildman–Crippen MR) is 112 cm³/mol. The number of hydrogen-bond donors (Lipinski definition) is 1. The molecule has 142 valence electrons. The van der Waals surface area contributed by atoms with E-state index in [0.29, 0.717) is 12.2 Å². The Bertz CT molecular complexity index is 1160. The highest BCUT2D eigenvalue weighted by molar-refractivity contribution is 6.01. The van der Waals surface area contributed by atoms with Crippen molar-refractivity contribution in [1.82, 2.24) is 19.7 Å². The topological polar surface area (TPSA) is 53.9 Å². The van der Waals surface area contributed by atoms with Crippen molar-refractivity contribution in [3.05, 3.63) is 82.8 Å². The van der Waals surface area contributed by atoms with Crippen molar-refractivity contribution >= 4 is 16.8 Å². The molecule has 1 amide bonds. The summed E-state index contributed by atoms with van der Waals surface area (Å²) in [4.78, 5) is 18.3. The molecule has 0 radical (unpaired) electrons. The van der Waals surface area contributed by atoms with E-state index in [-0.39, 0.29) is 5.91 Å². The molecule has 0 aliphatic rings. The number of carbonyl (C=O) groups is 1. The molecule has 0 saturated heterocycles. The molecule has 0 unspecified atom stereocenters. The molecular weight excluding hydrogens is 348 g/mol. The third-order valence-corrected chi connectivity index (χ3v) is 5.22. The second-order valence-corrected chi connectivity index (χ2v) is 7.37. The number of H-pyrrole nitrogens is 1. The van der Waals surface area contributed by atoms with Gasteiger partial charge >= 0.3 is 0 Å². The van der Waals surface area contributed by atoms with Gasteiger partial charge in [-0.2, -0.15) is 5.10 Å². The highest BCUT2D eigenvalue weighted by Gasteiger charge is 2.20. The Kier molecular flexibility index (Phi) is 4.51. The van der Waals surface area contributed by atoms with Crippen molar-refractivity contribution in [2.45, 2.75) is 27.3 Å². The van der Waals surface area contributed by atoms with Crippen LogP contribution in [0.5, 0.6) is 0 Å². The van der Waals surface area contributed by atoms with E-state index in [4.69, 9.17) is 0 Å². The van der Waals surface area contributed by atoms with Crippen molar-refractivity contribution < 1.29 is 4.79 Å². The highest BCUT2D eigenvalue weighted by atomic mass is 16.2. The van der Waals surface area contributed by atoms with E-state index in [9.17, 15) is 4.79 Å². The number of rotatable bonds is 4. The molecule has 0 fully saturated rings. The third-order valence-electron chi connectivity index (χ3n) is 5.22. The lowest BCUT2D eigenvalue weighted by Gasteiger charge is -2.19. The monoisotopic (exact) mass is 372 g/mol. The molecule has 1 N–H and O–H groups in total. The van der Waals surface area contributed by atoms with Gasteiger partial charge in [-0.05, 0) is 55.7 Å². The van der Waals surface area contributed by atoms with Crippen LogP contribution in [0.2, 0.25) is 0 Å². The van der Waals surface area contributed by atoms with Crippen LogP contribution < -0.4 is 0 Å². The molecule has 5 heteroatoms. The fourth-order valence-corrected chi connectivity index (χ4v) is 3.79. The number of fused-ring (bicyclic) bond motifs is 1. The van der Waals surface area contributed by atoms with Gasteiger partial charge in [-0.3, -0.25) is 4.79 Å². The second kappa shape index (κ2) is 7.00. The Morgan fingerprint density at radius 3 is 2.68 bits per heavy atom. The Morgan fingerprint density at radius 1 is 1.14 bits per heavy atom. The maximum Gasteiger partial charge on any atom is 0.270 e. The quantitative estimate of drug-likeness (QED) is 0.571. The number of aromatic amines is 1. The van der Waals surface area contributed by atoms with E-state index in [2.05, 4.69) is 36.1 Å². The molecule has 2 aromatic carbocycles. The van der Waals surface area contributed by atoms with Gasteiger partial charge in [0.15, 0.2) is 0 Å². The third kappa shape index (κ3) is 3.09. The Labute approximate surface area is 164 Å². The maximum atomic E-state index is 13.2. The zero-order valence-corrected chi connectivity index (χ0v) is 16.7. The van der Waals surface area contributed by atoms with Gasteiger partial charge in [0, 0.05) is 36.9 Å². The smallest absolute Gasteiger partial charge is 0.270 e. The largest absolute Gasteiger partial charge is 0.350 e. The lowest BCUT2D eigenvalue weighted by molar-refractivity contribution is 0.0779. The SMILES string of the molecule is Cc1cc(C)c2[nH]c(C(=O)N(C)Cc3ccccc3-n3cccn3)c(C)c2c1. The lowest BCUT2D eigenvalue weighted by Crippen LogP contribution is -2.27. The van der Waals surface area contributed by atoms with E-state index in [1.54, 1.807) is 11.1 Å². The average molecular weight is 372 g/mol. The molecular formula is C23H24N4O. The summed E-state index contributed by atoms with van der Waals surface area (Å²) < 4.78 is 1.83. The van der Waals surface area contributed by atoms with E-state index < -0.39 is 0 Å². The first-order chi connectivity index (χ1) is 13.5. The fraction of sp³-hybridized carbons (Fsp3) is 0.217. The minimum Gasteiger partial charge on any atom is -0.350 e. The standard InChI is InChI=1S/C23H24N4O/c1-15-12-16(2)21-19(13-15)17(3)22(25-21)23(28)26(4)14-18-8-5-6-9-20(18)27-11-7-10-24-27/h5-13,25H,14H2,1-4H3. The number of hydrogen-bond acceptors (Lipinski definition) is 2. The van der Waals surface area contributed by atoms with Gasteiger partial charge < -0.3 is 9.88 Å².